The van der Waals surface area contributed by atoms with Crippen LogP contribution in [0.3, 0.4) is 0 Å². The fraction of sp³-hybridized carbons (Fsp3) is 0.0833. The number of carbonyl (C=O) groups is 1. The fourth-order valence-electron chi connectivity index (χ4n) is 5.01. The molecule has 4 heterocycles. The van der Waals surface area contributed by atoms with Gasteiger partial charge in [-0.15, -0.1) is 29.5 Å². The summed E-state index contributed by atoms with van der Waals surface area (Å²) in [4.78, 5) is 20.7. The van der Waals surface area contributed by atoms with Crippen molar-refractivity contribution in [2.75, 3.05) is 0 Å². The summed E-state index contributed by atoms with van der Waals surface area (Å²) in [5, 5.41) is 11.6. The van der Waals surface area contributed by atoms with Crippen molar-refractivity contribution < 1.29 is 34.4 Å². The Kier molecular flexibility index (Phi) is 8.97. The van der Waals surface area contributed by atoms with Crippen molar-refractivity contribution in [1.29, 1.82) is 0 Å². The van der Waals surface area contributed by atoms with Gasteiger partial charge in [0.05, 0.1) is 11.3 Å². The Morgan fingerprint density at radius 3 is 2.26 bits per heavy atom. The Hall–Kier alpha value is -4.42. The van der Waals surface area contributed by atoms with Gasteiger partial charge in [0.25, 0.3) is 0 Å². The van der Waals surface area contributed by atoms with Gasteiger partial charge in [-0.1, -0.05) is 77.7 Å². The van der Waals surface area contributed by atoms with Gasteiger partial charge in [-0.25, -0.2) is 4.98 Å². The largest absolute Gasteiger partial charge is 0.512 e. The van der Waals surface area contributed by atoms with Crippen LogP contribution in [0.25, 0.3) is 65.0 Å². The summed E-state index contributed by atoms with van der Waals surface area (Å²) in [6.45, 7) is 4.82. The molecular weight excluding hydrogens is 733 g/mol. The molecule has 5 nitrogen and oxygen atoms in total. The minimum Gasteiger partial charge on any atom is -0.512 e. The number of aliphatic hydroxyl groups excluding tert-OH is 1. The fourth-order valence-corrected chi connectivity index (χ4v) is 6.25. The van der Waals surface area contributed by atoms with Crippen LogP contribution in [0.1, 0.15) is 19.5 Å². The van der Waals surface area contributed by atoms with Crippen molar-refractivity contribution >= 4 is 49.3 Å². The van der Waals surface area contributed by atoms with Crippen LogP contribution < -0.4 is 0 Å². The first-order valence-electron chi connectivity index (χ1n) is 13.5. The molecule has 0 fully saturated rings. The number of ketones is 1. The summed E-state index contributed by atoms with van der Waals surface area (Å²) in [6.07, 6.45) is 3.16. The molecule has 1 N–H and O–H groups in total. The van der Waals surface area contributed by atoms with Gasteiger partial charge in [0.2, 0.25) is 5.71 Å². The van der Waals surface area contributed by atoms with E-state index in [0.717, 1.165) is 38.7 Å². The Labute approximate surface area is 266 Å². The number of hydrogen-bond acceptors (Lipinski definition) is 6. The molecule has 7 aromatic rings. The van der Waals surface area contributed by atoms with Crippen molar-refractivity contribution in [3.8, 4) is 32.8 Å². The zero-order valence-corrected chi connectivity index (χ0v) is 26.9. The van der Waals surface area contributed by atoms with Gasteiger partial charge in [0.1, 0.15) is 0 Å². The number of rotatable bonds is 4. The van der Waals surface area contributed by atoms with Crippen molar-refractivity contribution in [2.24, 2.45) is 0 Å². The standard InChI is InChI=1S/C31H19N2OS.C5H8O2.Ir/c1-19-15-16-23-22-13-8-14-24(29(22)34-31(23)33-19)26-17-27-25(18-32-26)28(20-9-4-2-5-10-20)30(35-27)21-11-6-3-7-12-21;1-4(6)3-5(2)7;/h2-13,15-18H,1H3;3,6H,1-2H3;/q-1;;/b;4-3-;. The van der Waals surface area contributed by atoms with E-state index in [1.54, 1.807) is 11.3 Å². The quantitative estimate of drug-likeness (QED) is 0.110. The summed E-state index contributed by atoms with van der Waals surface area (Å²) in [7, 11) is 0. The predicted octanol–water partition coefficient (Wildman–Crippen LogP) is 9.74. The normalized spacial score (nSPS) is 11.3. The molecule has 0 aliphatic rings. The third kappa shape index (κ3) is 6.20. The first kappa shape index (κ1) is 30.1. The van der Waals surface area contributed by atoms with Gasteiger partial charge >= 0.3 is 0 Å². The first-order chi connectivity index (χ1) is 20.4. The number of aryl methyl sites for hydroxylation is 1. The minimum absolute atomic E-state index is 0. The summed E-state index contributed by atoms with van der Waals surface area (Å²) in [5.74, 6) is -0.0625. The number of hydrogen-bond donors (Lipinski definition) is 1. The molecule has 43 heavy (non-hydrogen) atoms. The maximum Gasteiger partial charge on any atom is 0.216 e. The van der Waals surface area contributed by atoms with Gasteiger partial charge < -0.3 is 14.5 Å². The van der Waals surface area contributed by atoms with Gasteiger partial charge in [0.15, 0.2) is 5.78 Å². The number of fused-ring (bicyclic) bond motifs is 4. The van der Waals surface area contributed by atoms with Gasteiger partial charge in [-0.05, 0) is 49.7 Å². The predicted molar refractivity (Wildman–Crippen MR) is 172 cm³/mol. The third-order valence-electron chi connectivity index (χ3n) is 6.78. The smallest absolute Gasteiger partial charge is 0.216 e. The first-order valence-corrected chi connectivity index (χ1v) is 14.3. The van der Waals surface area contributed by atoms with E-state index in [-0.39, 0.29) is 31.6 Å². The van der Waals surface area contributed by atoms with Gasteiger partial charge in [0, 0.05) is 64.0 Å². The average Bonchev–Trinajstić information content (AvgIpc) is 3.55. The van der Waals surface area contributed by atoms with E-state index >= 15 is 0 Å². The van der Waals surface area contributed by atoms with E-state index in [2.05, 4.69) is 83.8 Å². The SMILES string of the molecule is CC(=O)/C=C(/C)O.Cc1ccc2c(n1)oc1c(-c3cc4sc(-c5ccccc5)c(-c5ccccc5)c4cn3)[c-]ccc12.[Ir]. The zero-order chi connectivity index (χ0) is 29.2. The number of aliphatic hydroxyl groups is 1. The average molecular weight is 760 g/mol. The number of furan rings is 1. The van der Waals surface area contributed by atoms with E-state index in [9.17, 15) is 4.79 Å². The second-order valence-electron chi connectivity index (χ2n) is 10.0. The van der Waals surface area contributed by atoms with E-state index in [1.165, 1.54) is 46.2 Å². The Morgan fingerprint density at radius 1 is 0.907 bits per heavy atom. The van der Waals surface area contributed by atoms with Crippen molar-refractivity contribution in [1.82, 2.24) is 9.97 Å². The topological polar surface area (TPSA) is 76.2 Å². The molecule has 7 rings (SSSR count). The van der Waals surface area contributed by atoms with Gasteiger partial charge in [-0.3, -0.25) is 4.79 Å². The number of pyridine rings is 2. The number of nitrogens with zero attached hydrogens (tertiary/aromatic N) is 2. The number of aromatic nitrogens is 2. The van der Waals surface area contributed by atoms with Gasteiger partial charge in [-0.2, -0.15) is 0 Å². The Morgan fingerprint density at radius 2 is 1.60 bits per heavy atom. The van der Waals surface area contributed by atoms with E-state index in [0.29, 0.717) is 5.71 Å². The van der Waals surface area contributed by atoms with Crippen LogP contribution in [0.2, 0.25) is 0 Å². The minimum atomic E-state index is -0.125. The molecule has 0 saturated carbocycles. The van der Waals surface area contributed by atoms with E-state index in [1.807, 2.05) is 31.3 Å². The molecule has 7 heteroatoms. The third-order valence-corrected chi connectivity index (χ3v) is 7.98. The number of benzene rings is 3. The molecule has 0 saturated heterocycles. The molecule has 215 valence electrons. The molecule has 0 spiro atoms. The van der Waals surface area contributed by atoms with Crippen molar-refractivity contribution in [3.63, 3.8) is 0 Å². The summed E-state index contributed by atoms with van der Waals surface area (Å²) in [6, 6.07) is 34.7. The molecule has 4 aromatic heterocycles. The second kappa shape index (κ2) is 12.8. The molecule has 0 amide bonds. The molecule has 0 aliphatic carbocycles. The molecule has 0 aliphatic heterocycles. The molecular formula is C36H27IrN2O3S-. The van der Waals surface area contributed by atoms with Crippen molar-refractivity contribution in [2.45, 2.75) is 20.8 Å². The van der Waals surface area contributed by atoms with Crippen LogP contribution in [-0.4, -0.2) is 20.9 Å². The summed E-state index contributed by atoms with van der Waals surface area (Å²) < 4.78 is 7.40. The molecule has 3 aromatic carbocycles. The van der Waals surface area contributed by atoms with Crippen LogP contribution in [0.5, 0.6) is 0 Å². The zero-order valence-electron chi connectivity index (χ0n) is 23.7. The van der Waals surface area contributed by atoms with E-state index < -0.39 is 0 Å². The summed E-state index contributed by atoms with van der Waals surface area (Å²) in [5.41, 5.74) is 7.69. The monoisotopic (exact) mass is 760 g/mol. The molecule has 1 radical (unpaired) electrons. The number of thiophene rings is 1. The van der Waals surface area contributed by atoms with Crippen LogP contribution in [0, 0.1) is 13.0 Å². The summed E-state index contributed by atoms with van der Waals surface area (Å²) >= 11 is 1.80. The maximum atomic E-state index is 10.0. The van der Waals surface area contributed by atoms with Crippen LogP contribution in [0.4, 0.5) is 0 Å². The molecule has 0 bridgehead atoms. The number of allylic oxidation sites excluding steroid dienone is 2. The van der Waals surface area contributed by atoms with Crippen molar-refractivity contribution in [3.05, 3.63) is 121 Å². The van der Waals surface area contributed by atoms with E-state index in [4.69, 9.17) is 14.5 Å². The second-order valence-corrected chi connectivity index (χ2v) is 11.1. The number of carbonyl (C=O) groups excluding carboxylic acids is 1. The Balaban J connectivity index is 0.000000415. The molecule has 0 unspecified atom stereocenters. The van der Waals surface area contributed by atoms with Crippen LogP contribution >= 0.6 is 11.3 Å². The van der Waals surface area contributed by atoms with Crippen LogP contribution in [-0.2, 0) is 24.9 Å². The van der Waals surface area contributed by atoms with Crippen LogP contribution in [0.15, 0.2) is 113 Å². The Bertz CT molecular complexity index is 2090. The maximum absolute atomic E-state index is 10.0. The molecule has 0 atom stereocenters.